The highest BCUT2D eigenvalue weighted by atomic mass is 32.2. The van der Waals surface area contributed by atoms with Gasteiger partial charge in [-0.25, -0.2) is 4.98 Å². The fourth-order valence-corrected chi connectivity index (χ4v) is 2.88. The maximum atomic E-state index is 11.6. The number of hydrogen-bond acceptors (Lipinski definition) is 4. The van der Waals surface area contributed by atoms with E-state index in [1.807, 2.05) is 5.38 Å². The van der Waals surface area contributed by atoms with Gasteiger partial charge in [0.15, 0.2) is 0 Å². The molecule has 0 aliphatic rings. The summed E-state index contributed by atoms with van der Waals surface area (Å²) in [6.45, 7) is 1.68. The monoisotopic (exact) mass is 233 g/mol. The van der Waals surface area contributed by atoms with Crippen LogP contribution in [0.1, 0.15) is 18.4 Å². The Balaban J connectivity index is 2.46. The maximum Gasteiger partial charge on any atom is 0.304 e. The second-order valence-electron chi connectivity index (χ2n) is 2.86. The summed E-state index contributed by atoms with van der Waals surface area (Å²) in [5.41, 5.74) is 0. The molecule has 0 aromatic carbocycles. The molecule has 78 valence electrons. The van der Waals surface area contributed by atoms with Gasteiger partial charge in [-0.05, 0) is 0 Å². The van der Waals surface area contributed by atoms with Crippen LogP contribution in [0.3, 0.4) is 0 Å². The zero-order valence-electron chi connectivity index (χ0n) is 7.67. The van der Waals surface area contributed by atoms with Crippen LogP contribution in [-0.2, 0) is 21.3 Å². The number of hydrogen-bond donors (Lipinski definition) is 1. The first-order chi connectivity index (χ1) is 6.59. The second-order valence-corrected chi connectivity index (χ2v) is 5.69. The van der Waals surface area contributed by atoms with E-state index < -0.39 is 16.8 Å². The third-order valence-electron chi connectivity index (χ3n) is 1.66. The van der Waals surface area contributed by atoms with Crippen LogP contribution in [-0.4, -0.2) is 25.5 Å². The van der Waals surface area contributed by atoms with E-state index >= 15 is 0 Å². The van der Waals surface area contributed by atoms with Crippen molar-refractivity contribution in [3.63, 3.8) is 0 Å². The number of carboxylic acid groups (broad SMARTS) is 1. The van der Waals surface area contributed by atoms with E-state index in [-0.39, 0.29) is 11.7 Å². The molecule has 1 aromatic rings. The van der Waals surface area contributed by atoms with Gasteiger partial charge in [-0.3, -0.25) is 9.00 Å². The van der Waals surface area contributed by atoms with Crippen LogP contribution in [0.15, 0.2) is 11.6 Å². The van der Waals surface area contributed by atoms with Gasteiger partial charge in [0.1, 0.15) is 5.01 Å². The summed E-state index contributed by atoms with van der Waals surface area (Å²) in [5, 5.41) is 10.8. The van der Waals surface area contributed by atoms with Crippen molar-refractivity contribution >= 4 is 28.1 Å². The zero-order chi connectivity index (χ0) is 10.6. The summed E-state index contributed by atoms with van der Waals surface area (Å²) < 4.78 is 11.6. The Morgan fingerprint density at radius 3 is 3.00 bits per heavy atom. The highest BCUT2D eigenvalue weighted by molar-refractivity contribution is 7.85. The van der Waals surface area contributed by atoms with Crippen molar-refractivity contribution in [1.82, 2.24) is 4.98 Å². The first-order valence-electron chi connectivity index (χ1n) is 4.07. The SMILES string of the molecule is CC(CC(=O)O)S(=O)Cc1nccs1. The van der Waals surface area contributed by atoms with Gasteiger partial charge >= 0.3 is 5.97 Å². The number of thiazole rings is 1. The molecule has 6 heteroatoms. The Kier molecular flexibility index (Phi) is 4.21. The largest absolute Gasteiger partial charge is 0.481 e. The first-order valence-corrected chi connectivity index (χ1v) is 6.33. The second kappa shape index (κ2) is 5.21. The lowest BCUT2D eigenvalue weighted by molar-refractivity contribution is -0.136. The minimum absolute atomic E-state index is 0.0576. The van der Waals surface area contributed by atoms with Gasteiger partial charge in [0.2, 0.25) is 0 Å². The molecule has 1 heterocycles. The van der Waals surface area contributed by atoms with Gasteiger partial charge in [0.25, 0.3) is 0 Å². The zero-order valence-corrected chi connectivity index (χ0v) is 9.31. The van der Waals surface area contributed by atoms with E-state index in [2.05, 4.69) is 4.98 Å². The normalized spacial score (nSPS) is 14.9. The van der Waals surface area contributed by atoms with Crippen molar-refractivity contribution in [2.75, 3.05) is 0 Å². The summed E-state index contributed by atoms with van der Waals surface area (Å²) in [6, 6.07) is 0. The van der Waals surface area contributed by atoms with Crippen LogP contribution in [0.2, 0.25) is 0 Å². The first kappa shape index (κ1) is 11.3. The fourth-order valence-electron chi connectivity index (χ4n) is 0.927. The number of nitrogens with zero attached hydrogens (tertiary/aromatic N) is 1. The fraction of sp³-hybridized carbons (Fsp3) is 0.500. The Bertz CT molecular complexity index is 323. The Morgan fingerprint density at radius 1 is 1.79 bits per heavy atom. The molecular weight excluding hydrogens is 222 g/mol. The minimum Gasteiger partial charge on any atom is -0.481 e. The smallest absolute Gasteiger partial charge is 0.304 e. The molecule has 1 N–H and O–H groups in total. The molecule has 0 aliphatic carbocycles. The number of carbonyl (C=O) groups is 1. The van der Waals surface area contributed by atoms with E-state index in [4.69, 9.17) is 5.11 Å². The summed E-state index contributed by atoms with van der Waals surface area (Å²) >= 11 is 1.44. The molecular formula is C8H11NO3S2. The predicted octanol–water partition coefficient (Wildman–Crippen LogP) is 1.26. The quantitative estimate of drug-likeness (QED) is 0.831. The lowest BCUT2D eigenvalue weighted by atomic mass is 10.3. The molecule has 0 bridgehead atoms. The Morgan fingerprint density at radius 2 is 2.50 bits per heavy atom. The molecule has 2 atom stereocenters. The summed E-state index contributed by atoms with van der Waals surface area (Å²) in [4.78, 5) is 14.4. The van der Waals surface area contributed by atoms with Crippen molar-refractivity contribution in [3.8, 4) is 0 Å². The molecule has 0 spiro atoms. The molecule has 2 unspecified atom stereocenters. The van der Waals surface area contributed by atoms with Crippen molar-refractivity contribution in [2.45, 2.75) is 24.3 Å². The number of aromatic nitrogens is 1. The lowest BCUT2D eigenvalue weighted by Crippen LogP contribution is -2.16. The van der Waals surface area contributed by atoms with Gasteiger partial charge in [0, 0.05) is 27.6 Å². The summed E-state index contributed by atoms with van der Waals surface area (Å²) in [5.74, 6) is -0.559. The number of rotatable bonds is 5. The van der Waals surface area contributed by atoms with Crippen molar-refractivity contribution in [3.05, 3.63) is 16.6 Å². The van der Waals surface area contributed by atoms with Crippen molar-refractivity contribution in [1.29, 1.82) is 0 Å². The molecule has 0 saturated heterocycles. The van der Waals surface area contributed by atoms with Crippen molar-refractivity contribution in [2.24, 2.45) is 0 Å². The van der Waals surface area contributed by atoms with Crippen LogP contribution in [0.4, 0.5) is 0 Å². The standard InChI is InChI=1S/C8H11NO3S2/c1-6(4-8(10)11)14(12)5-7-9-2-3-13-7/h2-3,6H,4-5H2,1H3,(H,10,11). The maximum absolute atomic E-state index is 11.6. The van der Waals surface area contributed by atoms with E-state index in [0.29, 0.717) is 5.75 Å². The lowest BCUT2D eigenvalue weighted by Gasteiger charge is -2.06. The van der Waals surface area contributed by atoms with Crippen LogP contribution in [0, 0.1) is 0 Å². The highest BCUT2D eigenvalue weighted by Crippen LogP contribution is 2.11. The molecule has 4 nitrogen and oxygen atoms in total. The molecule has 1 aromatic heterocycles. The molecule has 1 rings (SSSR count). The van der Waals surface area contributed by atoms with E-state index in [1.54, 1.807) is 13.1 Å². The minimum atomic E-state index is -1.15. The number of aliphatic carboxylic acids is 1. The van der Waals surface area contributed by atoms with Gasteiger partial charge in [-0.15, -0.1) is 11.3 Å². The average molecular weight is 233 g/mol. The summed E-state index contributed by atoms with van der Waals surface area (Å²) in [7, 11) is -1.15. The molecule has 0 aliphatic heterocycles. The van der Waals surface area contributed by atoms with Gasteiger partial charge in [-0.2, -0.15) is 0 Å². The van der Waals surface area contributed by atoms with Crippen LogP contribution < -0.4 is 0 Å². The van der Waals surface area contributed by atoms with Crippen LogP contribution in [0.5, 0.6) is 0 Å². The molecule has 0 fully saturated rings. The van der Waals surface area contributed by atoms with E-state index in [0.717, 1.165) is 5.01 Å². The third kappa shape index (κ3) is 3.55. The van der Waals surface area contributed by atoms with Crippen LogP contribution >= 0.6 is 11.3 Å². The molecule has 0 amide bonds. The van der Waals surface area contributed by atoms with Crippen molar-refractivity contribution < 1.29 is 14.1 Å². The van der Waals surface area contributed by atoms with Gasteiger partial charge < -0.3 is 5.11 Å². The Hall–Kier alpha value is -0.750. The molecule has 14 heavy (non-hydrogen) atoms. The number of carboxylic acids is 1. The van der Waals surface area contributed by atoms with E-state index in [9.17, 15) is 9.00 Å². The van der Waals surface area contributed by atoms with Crippen LogP contribution in [0.25, 0.3) is 0 Å². The molecule has 0 saturated carbocycles. The summed E-state index contributed by atoms with van der Waals surface area (Å²) in [6.07, 6.45) is 1.59. The van der Waals surface area contributed by atoms with E-state index in [1.165, 1.54) is 11.3 Å². The molecule has 0 radical (unpaired) electrons. The third-order valence-corrected chi connectivity index (χ3v) is 4.24. The highest BCUT2D eigenvalue weighted by Gasteiger charge is 2.15. The van der Waals surface area contributed by atoms with Gasteiger partial charge in [-0.1, -0.05) is 6.92 Å². The Labute approximate surface area is 88.4 Å². The predicted molar refractivity (Wildman–Crippen MR) is 55.7 cm³/mol. The van der Waals surface area contributed by atoms with Gasteiger partial charge in [0.05, 0.1) is 12.2 Å². The topological polar surface area (TPSA) is 67.3 Å². The average Bonchev–Trinajstić information content (AvgIpc) is 2.55.